The van der Waals surface area contributed by atoms with Crippen LogP contribution in [-0.4, -0.2) is 12.1 Å². The van der Waals surface area contributed by atoms with Crippen LogP contribution in [0.15, 0.2) is 0 Å². The summed E-state index contributed by atoms with van der Waals surface area (Å²) < 4.78 is 5.51. The first-order valence-corrected chi connectivity index (χ1v) is 6.34. The summed E-state index contributed by atoms with van der Waals surface area (Å²) in [6, 6.07) is 0. The maximum atomic E-state index is 11.2. The van der Waals surface area contributed by atoms with Crippen LogP contribution in [0.2, 0.25) is 0 Å². The van der Waals surface area contributed by atoms with Gasteiger partial charge in [-0.25, -0.2) is 0 Å². The van der Waals surface area contributed by atoms with Crippen LogP contribution in [0.5, 0.6) is 0 Å². The Bertz CT molecular complexity index is 268. The van der Waals surface area contributed by atoms with Crippen LogP contribution >= 0.6 is 0 Å². The van der Waals surface area contributed by atoms with Crippen LogP contribution in [-0.2, 0) is 9.53 Å². The zero-order valence-electron chi connectivity index (χ0n) is 11.6. The summed E-state index contributed by atoms with van der Waals surface area (Å²) in [5, 5.41) is 0. The SMILES string of the molecule is CC(=O)OC1CC(C)(C(C)C)CCC1(C)C. The van der Waals surface area contributed by atoms with E-state index in [9.17, 15) is 4.79 Å². The average molecular weight is 226 g/mol. The molecular formula is C14H26O2. The summed E-state index contributed by atoms with van der Waals surface area (Å²) >= 11 is 0. The molecule has 1 aliphatic rings. The molecule has 1 rings (SSSR count). The molecule has 2 nitrogen and oxygen atoms in total. The molecule has 0 bridgehead atoms. The van der Waals surface area contributed by atoms with E-state index >= 15 is 0 Å². The van der Waals surface area contributed by atoms with Gasteiger partial charge >= 0.3 is 5.97 Å². The lowest BCUT2D eigenvalue weighted by Gasteiger charge is -2.48. The maximum Gasteiger partial charge on any atom is 0.302 e. The predicted octanol–water partition coefficient (Wildman–Crippen LogP) is 3.79. The Labute approximate surface area is 99.8 Å². The molecule has 2 heteroatoms. The van der Waals surface area contributed by atoms with Crippen LogP contribution in [0.3, 0.4) is 0 Å². The van der Waals surface area contributed by atoms with E-state index in [0.717, 1.165) is 12.8 Å². The Balaban J connectivity index is 2.81. The number of hydrogen-bond donors (Lipinski definition) is 0. The van der Waals surface area contributed by atoms with E-state index in [1.54, 1.807) is 0 Å². The minimum atomic E-state index is -0.147. The van der Waals surface area contributed by atoms with E-state index in [-0.39, 0.29) is 17.5 Å². The van der Waals surface area contributed by atoms with Crippen molar-refractivity contribution < 1.29 is 9.53 Å². The predicted molar refractivity (Wildman–Crippen MR) is 66.1 cm³/mol. The number of esters is 1. The fourth-order valence-corrected chi connectivity index (χ4v) is 2.50. The molecule has 1 saturated carbocycles. The molecule has 0 spiro atoms. The van der Waals surface area contributed by atoms with Crippen LogP contribution in [0.1, 0.15) is 60.8 Å². The second kappa shape index (κ2) is 4.38. The van der Waals surface area contributed by atoms with Crippen molar-refractivity contribution in [2.75, 3.05) is 0 Å². The Morgan fingerprint density at radius 2 is 1.81 bits per heavy atom. The van der Waals surface area contributed by atoms with Crippen molar-refractivity contribution in [2.24, 2.45) is 16.7 Å². The molecule has 0 aromatic carbocycles. The first-order chi connectivity index (χ1) is 7.17. The highest BCUT2D eigenvalue weighted by Crippen LogP contribution is 2.49. The summed E-state index contributed by atoms with van der Waals surface area (Å²) in [5.41, 5.74) is 0.440. The third-order valence-electron chi connectivity index (χ3n) is 4.57. The van der Waals surface area contributed by atoms with Crippen molar-refractivity contribution >= 4 is 5.97 Å². The summed E-state index contributed by atoms with van der Waals surface area (Å²) in [4.78, 5) is 11.2. The molecule has 0 amide bonds. The van der Waals surface area contributed by atoms with Gasteiger partial charge in [0.05, 0.1) is 0 Å². The molecule has 16 heavy (non-hydrogen) atoms. The first-order valence-electron chi connectivity index (χ1n) is 6.34. The molecule has 94 valence electrons. The molecule has 0 aliphatic heterocycles. The van der Waals surface area contributed by atoms with E-state index in [0.29, 0.717) is 11.3 Å². The lowest BCUT2D eigenvalue weighted by molar-refractivity contribution is -0.161. The lowest BCUT2D eigenvalue weighted by Crippen LogP contribution is -2.45. The Morgan fingerprint density at radius 3 is 2.25 bits per heavy atom. The second-order valence-corrected chi connectivity index (χ2v) is 6.60. The zero-order valence-corrected chi connectivity index (χ0v) is 11.6. The van der Waals surface area contributed by atoms with Gasteiger partial charge in [-0.2, -0.15) is 0 Å². The van der Waals surface area contributed by atoms with Crippen molar-refractivity contribution in [2.45, 2.75) is 66.9 Å². The number of hydrogen-bond acceptors (Lipinski definition) is 2. The van der Waals surface area contributed by atoms with Crippen molar-refractivity contribution in [3.05, 3.63) is 0 Å². The van der Waals surface area contributed by atoms with Crippen LogP contribution in [0, 0.1) is 16.7 Å². The summed E-state index contributed by atoms with van der Waals surface area (Å²) in [5.74, 6) is 0.493. The smallest absolute Gasteiger partial charge is 0.302 e. The average Bonchev–Trinajstić information content (AvgIpc) is 2.11. The van der Waals surface area contributed by atoms with Crippen LogP contribution < -0.4 is 0 Å². The second-order valence-electron chi connectivity index (χ2n) is 6.60. The molecule has 1 fully saturated rings. The van der Waals surface area contributed by atoms with Crippen LogP contribution in [0.25, 0.3) is 0 Å². The number of rotatable bonds is 2. The maximum absolute atomic E-state index is 11.2. The zero-order chi connectivity index (χ0) is 12.6. The highest BCUT2D eigenvalue weighted by molar-refractivity contribution is 5.66. The Morgan fingerprint density at radius 1 is 1.25 bits per heavy atom. The highest BCUT2D eigenvalue weighted by Gasteiger charge is 2.45. The molecular weight excluding hydrogens is 200 g/mol. The first kappa shape index (κ1) is 13.5. The van der Waals surface area contributed by atoms with Crippen molar-refractivity contribution in [3.8, 4) is 0 Å². The largest absolute Gasteiger partial charge is 0.462 e. The van der Waals surface area contributed by atoms with Crippen molar-refractivity contribution in [3.63, 3.8) is 0 Å². The van der Waals surface area contributed by atoms with Crippen molar-refractivity contribution in [1.82, 2.24) is 0 Å². The van der Waals surface area contributed by atoms with Gasteiger partial charge in [-0.15, -0.1) is 0 Å². The minimum absolute atomic E-state index is 0.0751. The van der Waals surface area contributed by atoms with Gasteiger partial charge in [0, 0.05) is 12.3 Å². The molecule has 0 radical (unpaired) electrons. The van der Waals surface area contributed by atoms with E-state index in [1.807, 2.05) is 0 Å². The molecule has 0 saturated heterocycles. The quantitative estimate of drug-likeness (QED) is 0.670. The number of carbonyl (C=O) groups is 1. The molecule has 0 heterocycles. The van der Waals surface area contributed by atoms with Gasteiger partial charge in [0.1, 0.15) is 6.10 Å². The van der Waals surface area contributed by atoms with Gasteiger partial charge in [0.25, 0.3) is 0 Å². The molecule has 0 aromatic rings. The van der Waals surface area contributed by atoms with Gasteiger partial charge in [-0.3, -0.25) is 4.79 Å². The van der Waals surface area contributed by atoms with Gasteiger partial charge < -0.3 is 4.74 Å². The Kier molecular flexibility index (Phi) is 3.71. The fraction of sp³-hybridized carbons (Fsp3) is 0.929. The third kappa shape index (κ3) is 2.78. The van der Waals surface area contributed by atoms with E-state index in [2.05, 4.69) is 34.6 Å². The van der Waals surface area contributed by atoms with E-state index < -0.39 is 0 Å². The van der Waals surface area contributed by atoms with Gasteiger partial charge in [0.15, 0.2) is 0 Å². The molecule has 0 aromatic heterocycles. The lowest BCUT2D eigenvalue weighted by atomic mass is 9.60. The molecule has 0 N–H and O–H groups in total. The van der Waals surface area contributed by atoms with Crippen LogP contribution in [0.4, 0.5) is 0 Å². The third-order valence-corrected chi connectivity index (χ3v) is 4.57. The Hall–Kier alpha value is -0.530. The summed E-state index contributed by atoms with van der Waals surface area (Å²) in [6.07, 6.45) is 3.44. The van der Waals surface area contributed by atoms with Gasteiger partial charge in [-0.05, 0) is 30.6 Å². The fourth-order valence-electron chi connectivity index (χ4n) is 2.50. The molecule has 2 unspecified atom stereocenters. The summed E-state index contributed by atoms with van der Waals surface area (Å²) in [6.45, 7) is 12.8. The van der Waals surface area contributed by atoms with Gasteiger partial charge in [-0.1, -0.05) is 34.6 Å². The molecule has 2 atom stereocenters. The normalized spacial score (nSPS) is 33.8. The number of ether oxygens (including phenoxy) is 1. The van der Waals surface area contributed by atoms with E-state index in [1.165, 1.54) is 13.3 Å². The topological polar surface area (TPSA) is 26.3 Å². The number of carbonyl (C=O) groups excluding carboxylic acids is 1. The van der Waals surface area contributed by atoms with Crippen molar-refractivity contribution in [1.29, 1.82) is 0 Å². The summed E-state index contributed by atoms with van der Waals surface area (Å²) in [7, 11) is 0. The van der Waals surface area contributed by atoms with E-state index in [4.69, 9.17) is 4.74 Å². The minimum Gasteiger partial charge on any atom is -0.462 e. The standard InChI is InChI=1S/C14H26O2/c1-10(2)14(6)8-7-13(4,5)12(9-14)16-11(3)15/h10,12H,7-9H2,1-6H3. The molecule has 1 aliphatic carbocycles. The monoisotopic (exact) mass is 226 g/mol. The highest BCUT2D eigenvalue weighted by atomic mass is 16.5. The van der Waals surface area contributed by atoms with Gasteiger partial charge in [0.2, 0.25) is 0 Å².